The molecular weight excluding hydrogens is 256 g/mol. The van der Waals surface area contributed by atoms with Crippen LogP contribution in [-0.2, 0) is 9.53 Å². The van der Waals surface area contributed by atoms with Gasteiger partial charge < -0.3 is 10.1 Å². The Hall–Kier alpha value is -2.04. The number of carbonyl (C=O) groups is 2. The van der Waals surface area contributed by atoms with E-state index in [1.54, 1.807) is 0 Å². The van der Waals surface area contributed by atoms with E-state index in [1.165, 1.54) is 4.90 Å². The van der Waals surface area contributed by atoms with E-state index in [2.05, 4.69) is 19.2 Å². The first kappa shape index (κ1) is 14.4. The zero-order valence-electron chi connectivity index (χ0n) is 11.9. The van der Waals surface area contributed by atoms with Crippen LogP contribution in [0.1, 0.15) is 31.7 Å². The van der Waals surface area contributed by atoms with Crippen LogP contribution in [0.2, 0.25) is 0 Å². The van der Waals surface area contributed by atoms with Gasteiger partial charge in [-0.15, -0.1) is 0 Å². The molecule has 1 fully saturated rings. The van der Waals surface area contributed by atoms with Crippen LogP contribution in [0.5, 0.6) is 0 Å². The molecule has 1 heterocycles. The molecule has 2 amide bonds. The van der Waals surface area contributed by atoms with E-state index >= 15 is 0 Å². The van der Waals surface area contributed by atoms with Gasteiger partial charge in [0.1, 0.15) is 6.54 Å². The van der Waals surface area contributed by atoms with E-state index in [1.807, 2.05) is 24.3 Å². The monoisotopic (exact) mass is 276 g/mol. The minimum Gasteiger partial charge on any atom is -0.449 e. The van der Waals surface area contributed by atoms with Gasteiger partial charge in [-0.25, -0.2) is 4.79 Å². The van der Waals surface area contributed by atoms with Crippen LogP contribution in [0.3, 0.4) is 0 Å². The summed E-state index contributed by atoms with van der Waals surface area (Å²) in [6.45, 7) is 5.19. The van der Waals surface area contributed by atoms with Crippen molar-refractivity contribution in [2.75, 3.05) is 25.0 Å². The lowest BCUT2D eigenvalue weighted by Gasteiger charge is -2.25. The van der Waals surface area contributed by atoms with Gasteiger partial charge in [0, 0.05) is 12.2 Å². The molecule has 0 radical (unpaired) electrons. The molecule has 1 N–H and O–H groups in total. The molecule has 0 spiro atoms. The Morgan fingerprint density at radius 2 is 2.15 bits per heavy atom. The SMILES string of the molecule is CC(C)c1ccccc1NC(=O)CN1CCCOC1=O. The summed E-state index contributed by atoms with van der Waals surface area (Å²) in [4.78, 5) is 24.9. The van der Waals surface area contributed by atoms with Gasteiger partial charge >= 0.3 is 6.09 Å². The van der Waals surface area contributed by atoms with Crippen molar-refractivity contribution in [3.05, 3.63) is 29.8 Å². The molecule has 0 bridgehead atoms. The molecule has 1 saturated heterocycles. The van der Waals surface area contributed by atoms with Gasteiger partial charge in [0.25, 0.3) is 0 Å². The zero-order valence-corrected chi connectivity index (χ0v) is 11.9. The number of ether oxygens (including phenoxy) is 1. The molecule has 1 aliphatic heterocycles. The first-order chi connectivity index (χ1) is 9.58. The van der Waals surface area contributed by atoms with Crippen LogP contribution in [0.15, 0.2) is 24.3 Å². The summed E-state index contributed by atoms with van der Waals surface area (Å²) >= 11 is 0. The first-order valence-electron chi connectivity index (χ1n) is 6.88. The van der Waals surface area contributed by atoms with E-state index in [0.717, 1.165) is 17.7 Å². The highest BCUT2D eigenvalue weighted by molar-refractivity contribution is 5.94. The second-order valence-corrected chi connectivity index (χ2v) is 5.18. The van der Waals surface area contributed by atoms with Crippen LogP contribution in [0, 0.1) is 0 Å². The minimum atomic E-state index is -0.413. The molecule has 108 valence electrons. The number of rotatable bonds is 4. The third kappa shape index (κ3) is 3.50. The van der Waals surface area contributed by atoms with Gasteiger partial charge in [-0.3, -0.25) is 9.69 Å². The zero-order chi connectivity index (χ0) is 14.5. The van der Waals surface area contributed by atoms with Crippen molar-refractivity contribution in [3.8, 4) is 0 Å². The van der Waals surface area contributed by atoms with Crippen molar-refractivity contribution in [1.82, 2.24) is 4.90 Å². The van der Waals surface area contributed by atoms with Gasteiger partial charge in [0.15, 0.2) is 0 Å². The molecule has 0 unspecified atom stereocenters. The van der Waals surface area contributed by atoms with Crippen LogP contribution >= 0.6 is 0 Å². The highest BCUT2D eigenvalue weighted by Gasteiger charge is 2.22. The number of hydrogen-bond donors (Lipinski definition) is 1. The van der Waals surface area contributed by atoms with Crippen molar-refractivity contribution >= 4 is 17.7 Å². The molecule has 0 saturated carbocycles. The van der Waals surface area contributed by atoms with Crippen LogP contribution in [0.4, 0.5) is 10.5 Å². The summed E-state index contributed by atoms with van der Waals surface area (Å²) in [7, 11) is 0. The fourth-order valence-electron chi connectivity index (χ4n) is 2.22. The Bertz CT molecular complexity index is 500. The molecule has 5 heteroatoms. The normalized spacial score (nSPS) is 15.2. The Balaban J connectivity index is 1.99. The smallest absolute Gasteiger partial charge is 0.410 e. The number of hydrogen-bond acceptors (Lipinski definition) is 3. The van der Waals surface area contributed by atoms with Crippen LogP contribution in [-0.4, -0.2) is 36.6 Å². The lowest BCUT2D eigenvalue weighted by atomic mass is 10.0. The number of para-hydroxylation sites is 1. The Labute approximate surface area is 118 Å². The van der Waals surface area contributed by atoms with Crippen molar-refractivity contribution in [2.45, 2.75) is 26.2 Å². The lowest BCUT2D eigenvalue weighted by Crippen LogP contribution is -2.42. The summed E-state index contributed by atoms with van der Waals surface area (Å²) in [6, 6.07) is 7.71. The maximum absolute atomic E-state index is 12.0. The van der Waals surface area contributed by atoms with Gasteiger partial charge in [-0.1, -0.05) is 32.0 Å². The van der Waals surface area contributed by atoms with Crippen molar-refractivity contribution in [2.24, 2.45) is 0 Å². The predicted molar refractivity (Wildman–Crippen MR) is 76.7 cm³/mol. The van der Waals surface area contributed by atoms with E-state index in [9.17, 15) is 9.59 Å². The number of nitrogens with one attached hydrogen (secondary N) is 1. The minimum absolute atomic E-state index is 0.0330. The molecule has 20 heavy (non-hydrogen) atoms. The number of benzene rings is 1. The van der Waals surface area contributed by atoms with Gasteiger partial charge in [-0.05, 0) is 24.0 Å². The Kier molecular flexibility index (Phi) is 4.61. The van der Waals surface area contributed by atoms with Gasteiger partial charge in [0.2, 0.25) is 5.91 Å². The van der Waals surface area contributed by atoms with Crippen molar-refractivity contribution in [1.29, 1.82) is 0 Å². The van der Waals surface area contributed by atoms with E-state index in [4.69, 9.17) is 4.74 Å². The number of anilines is 1. The lowest BCUT2D eigenvalue weighted by molar-refractivity contribution is -0.117. The van der Waals surface area contributed by atoms with E-state index < -0.39 is 6.09 Å². The molecule has 0 atom stereocenters. The fraction of sp³-hybridized carbons (Fsp3) is 0.467. The molecule has 5 nitrogen and oxygen atoms in total. The highest BCUT2D eigenvalue weighted by atomic mass is 16.6. The molecule has 0 aliphatic carbocycles. The topological polar surface area (TPSA) is 58.6 Å². The Morgan fingerprint density at radius 1 is 1.40 bits per heavy atom. The molecular formula is C15H20N2O3. The van der Waals surface area contributed by atoms with Crippen LogP contribution < -0.4 is 5.32 Å². The summed E-state index contributed by atoms with van der Waals surface area (Å²) in [6.07, 6.45) is 0.352. The second kappa shape index (κ2) is 6.41. The average molecular weight is 276 g/mol. The third-order valence-corrected chi connectivity index (χ3v) is 3.25. The summed E-state index contributed by atoms with van der Waals surface area (Å²) in [5, 5.41) is 2.87. The summed E-state index contributed by atoms with van der Waals surface area (Å²) in [5.74, 6) is 0.128. The highest BCUT2D eigenvalue weighted by Crippen LogP contribution is 2.23. The maximum Gasteiger partial charge on any atom is 0.410 e. The molecule has 1 aromatic rings. The number of carbonyl (C=O) groups excluding carboxylic acids is 2. The van der Waals surface area contributed by atoms with Crippen LogP contribution in [0.25, 0.3) is 0 Å². The first-order valence-corrected chi connectivity index (χ1v) is 6.88. The van der Waals surface area contributed by atoms with Gasteiger partial charge in [-0.2, -0.15) is 0 Å². The average Bonchev–Trinajstić information content (AvgIpc) is 2.41. The van der Waals surface area contributed by atoms with Crippen molar-refractivity contribution < 1.29 is 14.3 Å². The van der Waals surface area contributed by atoms with Gasteiger partial charge in [0.05, 0.1) is 6.61 Å². The quantitative estimate of drug-likeness (QED) is 0.919. The fourth-order valence-corrected chi connectivity index (χ4v) is 2.22. The molecule has 1 aliphatic rings. The maximum atomic E-state index is 12.0. The molecule has 2 rings (SSSR count). The number of amides is 2. The van der Waals surface area contributed by atoms with E-state index in [-0.39, 0.29) is 12.5 Å². The standard InChI is InChI=1S/C15H20N2O3/c1-11(2)12-6-3-4-7-13(12)16-14(18)10-17-8-5-9-20-15(17)19/h3-4,6-7,11H,5,8-10H2,1-2H3,(H,16,18). The largest absolute Gasteiger partial charge is 0.449 e. The third-order valence-electron chi connectivity index (χ3n) is 3.25. The number of cyclic esters (lactones) is 1. The van der Waals surface area contributed by atoms with E-state index in [0.29, 0.717) is 19.1 Å². The second-order valence-electron chi connectivity index (χ2n) is 5.18. The molecule has 0 aromatic heterocycles. The summed E-state index contributed by atoms with van der Waals surface area (Å²) in [5.41, 5.74) is 1.89. The predicted octanol–water partition coefficient (Wildman–Crippen LogP) is 2.59. The summed E-state index contributed by atoms with van der Waals surface area (Å²) < 4.78 is 4.91. The Morgan fingerprint density at radius 3 is 2.85 bits per heavy atom. The molecule has 1 aromatic carbocycles. The number of nitrogens with zero attached hydrogens (tertiary/aromatic N) is 1. The van der Waals surface area contributed by atoms with Crippen molar-refractivity contribution in [3.63, 3.8) is 0 Å².